The quantitative estimate of drug-likeness (QED) is 0.527. The number of carbonyl (C=O) groups is 3. The zero-order valence-electron chi connectivity index (χ0n) is 11.5. The van der Waals surface area contributed by atoms with Crippen LogP contribution in [0.3, 0.4) is 0 Å². The van der Waals surface area contributed by atoms with E-state index in [1.54, 1.807) is 0 Å². The lowest BCUT2D eigenvalue weighted by atomic mass is 10.0. The number of nitrogens with one attached hydrogen (secondary N) is 2. The normalized spacial score (nSPS) is 15.1. The van der Waals surface area contributed by atoms with Crippen molar-refractivity contribution in [3.05, 3.63) is 0 Å². The van der Waals surface area contributed by atoms with Crippen molar-refractivity contribution in [2.24, 2.45) is 5.92 Å². The molecular weight excluding hydrogens is 252 g/mol. The van der Waals surface area contributed by atoms with Crippen molar-refractivity contribution < 1.29 is 24.6 Å². The fourth-order valence-corrected chi connectivity index (χ4v) is 1.43. The van der Waals surface area contributed by atoms with Crippen LogP contribution in [0.25, 0.3) is 0 Å². The van der Waals surface area contributed by atoms with E-state index in [4.69, 9.17) is 10.2 Å². The number of hydrogen-bond donors (Lipinski definition) is 4. The lowest BCUT2D eigenvalue weighted by Crippen LogP contribution is -2.49. The molecule has 19 heavy (non-hydrogen) atoms. The van der Waals surface area contributed by atoms with Crippen LogP contribution >= 0.6 is 0 Å². The number of rotatable bonds is 8. The van der Waals surface area contributed by atoms with Crippen LogP contribution in [0.4, 0.5) is 4.79 Å². The number of amides is 2. The van der Waals surface area contributed by atoms with E-state index >= 15 is 0 Å². The molecule has 2 amide bonds. The highest BCUT2D eigenvalue weighted by Crippen LogP contribution is 2.06. The fourth-order valence-electron chi connectivity index (χ4n) is 1.43. The Morgan fingerprint density at radius 2 is 1.68 bits per heavy atom. The first kappa shape index (κ1) is 17.2. The molecule has 0 aliphatic rings. The summed E-state index contributed by atoms with van der Waals surface area (Å²) in [5, 5.41) is 22.3. The van der Waals surface area contributed by atoms with E-state index < -0.39 is 24.0 Å². The maximum Gasteiger partial charge on any atom is 0.326 e. The van der Waals surface area contributed by atoms with Gasteiger partial charge in [-0.15, -0.1) is 0 Å². The Labute approximate surface area is 112 Å². The number of carboxylic acids is 2. The Morgan fingerprint density at radius 1 is 1.11 bits per heavy atom. The van der Waals surface area contributed by atoms with Crippen LogP contribution in [-0.4, -0.2) is 40.3 Å². The van der Waals surface area contributed by atoms with Gasteiger partial charge in [0.25, 0.3) is 0 Å². The summed E-state index contributed by atoms with van der Waals surface area (Å²) in [7, 11) is 0. The van der Waals surface area contributed by atoms with E-state index in [0.717, 1.165) is 6.42 Å². The minimum Gasteiger partial charge on any atom is -0.481 e. The van der Waals surface area contributed by atoms with Crippen LogP contribution < -0.4 is 10.6 Å². The first-order valence-electron chi connectivity index (χ1n) is 6.29. The molecule has 7 heteroatoms. The topological polar surface area (TPSA) is 116 Å². The minimum atomic E-state index is -1.24. The molecule has 110 valence electrons. The van der Waals surface area contributed by atoms with Gasteiger partial charge in [-0.25, -0.2) is 9.59 Å². The van der Waals surface area contributed by atoms with Crippen LogP contribution in [0.2, 0.25) is 0 Å². The van der Waals surface area contributed by atoms with Gasteiger partial charge in [-0.3, -0.25) is 4.79 Å². The third-order valence-electron chi connectivity index (χ3n) is 3.11. The number of carboxylic acid groups (broad SMARTS) is 2. The fraction of sp³-hybridized carbons (Fsp3) is 0.750. The monoisotopic (exact) mass is 274 g/mol. The van der Waals surface area contributed by atoms with E-state index in [2.05, 4.69) is 10.6 Å². The molecule has 7 nitrogen and oxygen atoms in total. The average Bonchev–Trinajstić information content (AvgIpc) is 2.32. The first-order valence-corrected chi connectivity index (χ1v) is 6.29. The molecule has 0 fully saturated rings. The van der Waals surface area contributed by atoms with Gasteiger partial charge in [0.1, 0.15) is 6.04 Å². The summed E-state index contributed by atoms with van der Waals surface area (Å²) < 4.78 is 0. The van der Waals surface area contributed by atoms with Gasteiger partial charge in [-0.1, -0.05) is 20.3 Å². The van der Waals surface area contributed by atoms with Crippen LogP contribution in [-0.2, 0) is 9.59 Å². The lowest BCUT2D eigenvalue weighted by molar-refractivity contribution is -0.140. The van der Waals surface area contributed by atoms with Crippen LogP contribution in [0, 0.1) is 5.92 Å². The number of urea groups is 1. The van der Waals surface area contributed by atoms with E-state index in [-0.39, 0.29) is 24.8 Å². The van der Waals surface area contributed by atoms with Crippen LogP contribution in [0.5, 0.6) is 0 Å². The molecule has 0 saturated heterocycles. The third-order valence-corrected chi connectivity index (χ3v) is 3.11. The zero-order valence-corrected chi connectivity index (χ0v) is 11.5. The Hall–Kier alpha value is -1.79. The number of aliphatic carboxylic acids is 2. The van der Waals surface area contributed by atoms with Gasteiger partial charge in [-0.05, 0) is 19.3 Å². The molecule has 0 aromatic heterocycles. The van der Waals surface area contributed by atoms with Crippen LogP contribution in [0.1, 0.15) is 40.0 Å². The molecule has 0 aliphatic carbocycles. The van der Waals surface area contributed by atoms with Crippen molar-refractivity contribution >= 4 is 18.0 Å². The maximum absolute atomic E-state index is 11.6. The van der Waals surface area contributed by atoms with Gasteiger partial charge < -0.3 is 20.8 Å². The lowest BCUT2D eigenvalue weighted by Gasteiger charge is -2.21. The Kier molecular flexibility index (Phi) is 7.55. The second-order valence-corrected chi connectivity index (χ2v) is 4.62. The van der Waals surface area contributed by atoms with Crippen LogP contribution in [0.15, 0.2) is 0 Å². The van der Waals surface area contributed by atoms with E-state index in [0.29, 0.717) is 0 Å². The van der Waals surface area contributed by atoms with Gasteiger partial charge in [0, 0.05) is 12.5 Å². The predicted molar refractivity (Wildman–Crippen MR) is 68.9 cm³/mol. The smallest absolute Gasteiger partial charge is 0.326 e. The summed E-state index contributed by atoms with van der Waals surface area (Å²) in [6.45, 7) is 5.80. The zero-order chi connectivity index (χ0) is 15.0. The SMILES string of the molecule is CCC(C)C(C)NC(=O)N[C@@H](CCC(=O)O)C(=O)O. The summed E-state index contributed by atoms with van der Waals surface area (Å²) >= 11 is 0. The molecule has 0 radical (unpaired) electrons. The van der Waals surface area contributed by atoms with Crippen molar-refractivity contribution in [3.63, 3.8) is 0 Å². The summed E-state index contributed by atoms with van der Waals surface area (Å²) in [5.74, 6) is -2.07. The summed E-state index contributed by atoms with van der Waals surface area (Å²) in [5.41, 5.74) is 0. The maximum atomic E-state index is 11.6. The Bertz CT molecular complexity index is 332. The molecular formula is C12H22N2O5. The predicted octanol–water partition coefficient (Wildman–Crippen LogP) is 1.04. The summed E-state index contributed by atoms with van der Waals surface area (Å²) in [6, 6.07) is -1.87. The molecule has 0 aromatic carbocycles. The summed E-state index contributed by atoms with van der Waals surface area (Å²) in [6.07, 6.45) is 0.441. The second kappa shape index (κ2) is 8.34. The molecule has 0 spiro atoms. The minimum absolute atomic E-state index is 0.0843. The number of carbonyl (C=O) groups excluding carboxylic acids is 1. The molecule has 2 unspecified atom stereocenters. The molecule has 0 rings (SSSR count). The highest BCUT2D eigenvalue weighted by molar-refractivity contribution is 5.83. The van der Waals surface area contributed by atoms with Gasteiger partial charge in [-0.2, -0.15) is 0 Å². The van der Waals surface area contributed by atoms with Gasteiger partial charge in [0.05, 0.1) is 0 Å². The summed E-state index contributed by atoms with van der Waals surface area (Å²) in [4.78, 5) is 32.9. The average molecular weight is 274 g/mol. The standard InChI is InChI=1S/C12H22N2O5/c1-4-7(2)8(3)13-12(19)14-9(11(17)18)5-6-10(15)16/h7-9H,4-6H2,1-3H3,(H,15,16)(H,17,18)(H2,13,14,19)/t7?,8?,9-/m0/s1. The third kappa shape index (κ3) is 7.28. The second-order valence-electron chi connectivity index (χ2n) is 4.62. The Morgan fingerprint density at radius 3 is 2.11 bits per heavy atom. The van der Waals surface area contributed by atoms with E-state index in [9.17, 15) is 14.4 Å². The molecule has 0 saturated carbocycles. The van der Waals surface area contributed by atoms with Gasteiger partial charge in [0.15, 0.2) is 0 Å². The van der Waals surface area contributed by atoms with Crippen molar-refractivity contribution in [1.82, 2.24) is 10.6 Å². The molecule has 0 aromatic rings. The van der Waals surface area contributed by atoms with Gasteiger partial charge >= 0.3 is 18.0 Å². The molecule has 3 atom stereocenters. The number of hydrogen-bond acceptors (Lipinski definition) is 3. The molecule has 0 heterocycles. The Balaban J connectivity index is 4.31. The molecule has 0 bridgehead atoms. The van der Waals surface area contributed by atoms with E-state index in [1.807, 2.05) is 20.8 Å². The molecule has 4 N–H and O–H groups in total. The van der Waals surface area contributed by atoms with Crippen molar-refractivity contribution in [2.45, 2.75) is 52.1 Å². The molecule has 0 aliphatic heterocycles. The van der Waals surface area contributed by atoms with E-state index in [1.165, 1.54) is 0 Å². The highest BCUT2D eigenvalue weighted by atomic mass is 16.4. The van der Waals surface area contributed by atoms with Crippen molar-refractivity contribution in [1.29, 1.82) is 0 Å². The largest absolute Gasteiger partial charge is 0.481 e. The van der Waals surface area contributed by atoms with Crippen molar-refractivity contribution in [3.8, 4) is 0 Å². The van der Waals surface area contributed by atoms with Crippen molar-refractivity contribution in [2.75, 3.05) is 0 Å². The van der Waals surface area contributed by atoms with Gasteiger partial charge in [0.2, 0.25) is 0 Å². The highest BCUT2D eigenvalue weighted by Gasteiger charge is 2.22. The first-order chi connectivity index (χ1) is 8.77.